The molecule has 0 aliphatic heterocycles. The van der Waals surface area contributed by atoms with Gasteiger partial charge in [-0.25, -0.2) is 0 Å². The summed E-state index contributed by atoms with van der Waals surface area (Å²) in [6.07, 6.45) is 0. The van der Waals surface area contributed by atoms with E-state index in [0.717, 1.165) is 22.7 Å². The molecule has 0 saturated heterocycles. The number of benzene rings is 10. The van der Waals surface area contributed by atoms with Gasteiger partial charge in [-0.3, -0.25) is 0 Å². The molecule has 1 aromatic heterocycles. The molecule has 0 radical (unpaired) electrons. The summed E-state index contributed by atoms with van der Waals surface area (Å²) in [4.78, 5) is 2.42. The molecule has 2 heteroatoms. The van der Waals surface area contributed by atoms with Gasteiger partial charge < -0.3 is 9.47 Å². The van der Waals surface area contributed by atoms with Crippen LogP contribution in [-0.4, -0.2) is 4.57 Å². The summed E-state index contributed by atoms with van der Waals surface area (Å²) in [7, 11) is 0. The van der Waals surface area contributed by atoms with Gasteiger partial charge in [0.15, 0.2) is 0 Å². The third kappa shape index (κ3) is 5.50. The van der Waals surface area contributed by atoms with Crippen LogP contribution in [-0.2, 0) is 5.41 Å². The van der Waals surface area contributed by atoms with Crippen molar-refractivity contribution in [3.63, 3.8) is 0 Å². The SMILES string of the molecule is c1ccc(C2(c3ccccc3)c3ccccc3-c3ccc(N(c4ccc(-c5ccc6ccccc6c5)cc4)c4ccc(-n5c6ccccc6c6ccccc65)cc4)cc32)cc1. The van der Waals surface area contributed by atoms with Crippen LogP contribution in [0.5, 0.6) is 0 Å². The zero-order chi connectivity index (χ0) is 40.3. The van der Waals surface area contributed by atoms with Gasteiger partial charge >= 0.3 is 0 Å². The molecule has 1 aliphatic carbocycles. The molecule has 0 bridgehead atoms. The Hall–Kier alpha value is -7.94. The highest BCUT2D eigenvalue weighted by atomic mass is 15.1. The van der Waals surface area contributed by atoms with Gasteiger partial charge in [0.05, 0.1) is 16.4 Å². The van der Waals surface area contributed by atoms with E-state index >= 15 is 0 Å². The first-order chi connectivity index (χ1) is 30.3. The highest BCUT2D eigenvalue weighted by Gasteiger charge is 2.46. The molecule has 0 amide bonds. The lowest BCUT2D eigenvalue weighted by atomic mass is 9.67. The maximum Gasteiger partial charge on any atom is 0.0714 e. The fourth-order valence-corrected chi connectivity index (χ4v) is 10.1. The van der Waals surface area contributed by atoms with Crippen LogP contribution in [0.25, 0.3) is 60.5 Å². The second kappa shape index (κ2) is 14.1. The molecule has 11 aromatic rings. The van der Waals surface area contributed by atoms with Crippen molar-refractivity contribution < 1.29 is 0 Å². The number of anilines is 3. The average molecular weight is 777 g/mol. The number of nitrogens with zero attached hydrogens (tertiary/aromatic N) is 2. The lowest BCUT2D eigenvalue weighted by molar-refractivity contribution is 0.768. The van der Waals surface area contributed by atoms with Crippen molar-refractivity contribution in [1.29, 1.82) is 0 Å². The molecule has 0 atom stereocenters. The minimum atomic E-state index is -0.504. The van der Waals surface area contributed by atoms with Gasteiger partial charge in [-0.2, -0.15) is 0 Å². The Labute approximate surface area is 355 Å². The predicted molar refractivity (Wildman–Crippen MR) is 256 cm³/mol. The second-order valence-electron chi connectivity index (χ2n) is 16.1. The summed E-state index contributed by atoms with van der Waals surface area (Å²) in [5, 5.41) is 5.01. The van der Waals surface area contributed by atoms with Crippen LogP contribution in [0.3, 0.4) is 0 Å². The van der Waals surface area contributed by atoms with E-state index < -0.39 is 5.41 Å². The van der Waals surface area contributed by atoms with Crippen molar-refractivity contribution >= 4 is 49.6 Å². The Balaban J connectivity index is 1.05. The number of hydrogen-bond donors (Lipinski definition) is 0. The van der Waals surface area contributed by atoms with E-state index in [1.807, 2.05) is 0 Å². The normalized spacial score (nSPS) is 12.7. The molecule has 0 spiro atoms. The molecule has 0 N–H and O–H groups in total. The lowest BCUT2D eigenvalue weighted by Crippen LogP contribution is -2.28. The molecule has 0 fully saturated rings. The molecule has 1 aliphatic rings. The van der Waals surface area contributed by atoms with Crippen molar-refractivity contribution in [3.8, 4) is 27.9 Å². The minimum Gasteiger partial charge on any atom is -0.310 e. The smallest absolute Gasteiger partial charge is 0.0714 e. The van der Waals surface area contributed by atoms with Gasteiger partial charge in [-0.05, 0) is 122 Å². The van der Waals surface area contributed by atoms with E-state index in [1.54, 1.807) is 0 Å². The van der Waals surface area contributed by atoms with Crippen LogP contribution in [0.4, 0.5) is 17.1 Å². The summed E-state index contributed by atoms with van der Waals surface area (Å²) in [5.74, 6) is 0. The van der Waals surface area contributed by atoms with Crippen LogP contribution >= 0.6 is 0 Å². The zero-order valence-corrected chi connectivity index (χ0v) is 33.5. The van der Waals surface area contributed by atoms with Crippen molar-refractivity contribution in [1.82, 2.24) is 4.57 Å². The fraction of sp³-hybridized carbons (Fsp3) is 0.0169. The third-order valence-corrected chi connectivity index (χ3v) is 12.9. The largest absolute Gasteiger partial charge is 0.310 e. The van der Waals surface area contributed by atoms with E-state index in [-0.39, 0.29) is 0 Å². The number of rotatable bonds is 7. The molecule has 61 heavy (non-hydrogen) atoms. The fourth-order valence-electron chi connectivity index (χ4n) is 10.1. The Bertz CT molecular complexity index is 3310. The quantitative estimate of drug-likeness (QED) is 0.156. The average Bonchev–Trinajstić information content (AvgIpc) is 3.83. The maximum absolute atomic E-state index is 2.45. The number of aromatic nitrogens is 1. The Kier molecular flexibility index (Phi) is 8.11. The third-order valence-electron chi connectivity index (χ3n) is 12.9. The summed E-state index contributed by atoms with van der Waals surface area (Å²) < 4.78 is 2.39. The zero-order valence-electron chi connectivity index (χ0n) is 33.5. The van der Waals surface area contributed by atoms with Gasteiger partial charge in [0.1, 0.15) is 0 Å². The maximum atomic E-state index is 2.45. The molecule has 10 aromatic carbocycles. The summed E-state index contributed by atoms with van der Waals surface area (Å²) in [6.45, 7) is 0. The number of hydrogen-bond acceptors (Lipinski definition) is 1. The first kappa shape index (κ1) is 35.0. The first-order valence-corrected chi connectivity index (χ1v) is 21.1. The summed E-state index contributed by atoms with van der Waals surface area (Å²) in [6, 6.07) is 89.1. The van der Waals surface area contributed by atoms with E-state index in [2.05, 4.69) is 252 Å². The Morgan fingerprint density at radius 2 is 0.836 bits per heavy atom. The van der Waals surface area contributed by atoms with Crippen LogP contribution in [0.15, 0.2) is 243 Å². The summed E-state index contributed by atoms with van der Waals surface area (Å²) in [5.41, 5.74) is 16.3. The van der Waals surface area contributed by atoms with Crippen molar-refractivity contribution in [2.45, 2.75) is 5.41 Å². The van der Waals surface area contributed by atoms with E-state index in [4.69, 9.17) is 0 Å². The lowest BCUT2D eigenvalue weighted by Gasteiger charge is -2.35. The highest BCUT2D eigenvalue weighted by Crippen LogP contribution is 2.57. The van der Waals surface area contributed by atoms with Crippen molar-refractivity contribution in [3.05, 3.63) is 265 Å². The topological polar surface area (TPSA) is 8.17 Å². The first-order valence-electron chi connectivity index (χ1n) is 21.1. The minimum absolute atomic E-state index is 0.504. The molecule has 0 unspecified atom stereocenters. The highest BCUT2D eigenvalue weighted by molar-refractivity contribution is 6.09. The van der Waals surface area contributed by atoms with Crippen LogP contribution in [0, 0.1) is 0 Å². The van der Waals surface area contributed by atoms with Gasteiger partial charge in [-0.15, -0.1) is 0 Å². The number of para-hydroxylation sites is 2. The van der Waals surface area contributed by atoms with Gasteiger partial charge in [0.25, 0.3) is 0 Å². The number of fused-ring (bicyclic) bond motifs is 7. The molecule has 1 heterocycles. The van der Waals surface area contributed by atoms with Gasteiger partial charge in [0.2, 0.25) is 0 Å². The van der Waals surface area contributed by atoms with Crippen molar-refractivity contribution in [2.75, 3.05) is 4.90 Å². The monoisotopic (exact) mass is 776 g/mol. The molecule has 2 nitrogen and oxygen atoms in total. The Morgan fingerprint density at radius 1 is 0.328 bits per heavy atom. The molecular weight excluding hydrogens is 737 g/mol. The van der Waals surface area contributed by atoms with E-state index in [0.29, 0.717) is 0 Å². The van der Waals surface area contributed by atoms with Crippen LogP contribution < -0.4 is 4.90 Å². The van der Waals surface area contributed by atoms with Crippen LogP contribution in [0.1, 0.15) is 22.3 Å². The Morgan fingerprint density at radius 3 is 1.51 bits per heavy atom. The summed E-state index contributed by atoms with van der Waals surface area (Å²) >= 11 is 0. The predicted octanol–water partition coefficient (Wildman–Crippen LogP) is 15.4. The van der Waals surface area contributed by atoms with Gasteiger partial charge in [-0.1, -0.05) is 176 Å². The standard InChI is InChI=1S/C59H40N2/c1-3-17-45(18-4-1)59(46-19-5-2-6-20-46)55-24-12-9-21-51(55)52-38-37-50(40-56(52)59)60(47-31-29-42(30-32-47)44-28-27-41-15-7-8-16-43(41)39-44)48-33-35-49(36-34-48)61-57-25-13-10-22-53(57)54-23-11-14-26-58(54)61/h1-40H. The second-order valence-corrected chi connectivity index (χ2v) is 16.1. The molecular formula is C59H40N2. The molecule has 286 valence electrons. The van der Waals surface area contributed by atoms with Crippen LogP contribution in [0.2, 0.25) is 0 Å². The van der Waals surface area contributed by atoms with Crippen molar-refractivity contribution in [2.24, 2.45) is 0 Å². The molecule has 12 rings (SSSR count). The molecule has 0 saturated carbocycles. The van der Waals surface area contributed by atoms with E-state index in [9.17, 15) is 0 Å². The van der Waals surface area contributed by atoms with Gasteiger partial charge in [0, 0.05) is 33.5 Å². The van der Waals surface area contributed by atoms with E-state index in [1.165, 1.54) is 77.1 Å².